The Hall–Kier alpha value is -0.0400. The molecule has 0 amide bonds. The Balaban J connectivity index is 2.05. The van der Waals surface area contributed by atoms with Crippen LogP contribution in [0.3, 0.4) is 0 Å². The molecule has 0 aromatic carbocycles. The molecule has 0 bridgehead atoms. The van der Waals surface area contributed by atoms with E-state index in [0.717, 1.165) is 17.9 Å². The van der Waals surface area contributed by atoms with Crippen LogP contribution in [0.25, 0.3) is 0 Å². The van der Waals surface area contributed by atoms with Gasteiger partial charge in [0.05, 0.1) is 0 Å². The Morgan fingerprint density at radius 3 is 2.53 bits per heavy atom. The summed E-state index contributed by atoms with van der Waals surface area (Å²) in [5.74, 6) is 1.84. The summed E-state index contributed by atoms with van der Waals surface area (Å²) in [6, 6.07) is 0.878. The number of unbranched alkanes of at least 4 members (excludes halogenated alkanes) is 1. The number of hydrogen-bond acceptors (Lipinski definition) is 1. The second kappa shape index (κ2) is 7.27. The highest BCUT2D eigenvalue weighted by Gasteiger charge is 2.21. The SMILES string of the molecule is CCCCC(CC)CC(C)CNC1CC1. The molecular weight excluding hydrogens is 182 g/mol. The molecule has 1 nitrogen and oxygen atoms in total. The van der Waals surface area contributed by atoms with Gasteiger partial charge < -0.3 is 5.32 Å². The average molecular weight is 211 g/mol. The summed E-state index contributed by atoms with van der Waals surface area (Å²) in [6.45, 7) is 8.30. The van der Waals surface area contributed by atoms with Crippen LogP contribution in [0, 0.1) is 11.8 Å². The van der Waals surface area contributed by atoms with Crippen molar-refractivity contribution in [1.29, 1.82) is 0 Å². The molecule has 2 atom stereocenters. The van der Waals surface area contributed by atoms with Crippen LogP contribution in [0.4, 0.5) is 0 Å². The Labute approximate surface area is 96.0 Å². The quantitative estimate of drug-likeness (QED) is 0.608. The summed E-state index contributed by atoms with van der Waals surface area (Å²) in [5, 5.41) is 3.64. The topological polar surface area (TPSA) is 12.0 Å². The molecule has 0 aliphatic heterocycles. The van der Waals surface area contributed by atoms with Gasteiger partial charge in [0.1, 0.15) is 0 Å². The van der Waals surface area contributed by atoms with E-state index in [-0.39, 0.29) is 0 Å². The van der Waals surface area contributed by atoms with Gasteiger partial charge >= 0.3 is 0 Å². The van der Waals surface area contributed by atoms with Crippen LogP contribution in [0.2, 0.25) is 0 Å². The molecule has 0 heterocycles. The van der Waals surface area contributed by atoms with Crippen LogP contribution < -0.4 is 5.32 Å². The number of nitrogens with one attached hydrogen (secondary N) is 1. The van der Waals surface area contributed by atoms with Gasteiger partial charge in [-0.05, 0) is 37.6 Å². The molecule has 1 aliphatic carbocycles. The monoisotopic (exact) mass is 211 g/mol. The lowest BCUT2D eigenvalue weighted by atomic mass is 9.89. The lowest BCUT2D eigenvalue weighted by Crippen LogP contribution is -2.24. The van der Waals surface area contributed by atoms with Gasteiger partial charge in [-0.25, -0.2) is 0 Å². The van der Waals surface area contributed by atoms with E-state index in [2.05, 4.69) is 26.1 Å². The highest BCUT2D eigenvalue weighted by Crippen LogP contribution is 2.23. The summed E-state index contributed by atoms with van der Waals surface area (Å²) < 4.78 is 0. The van der Waals surface area contributed by atoms with E-state index in [1.54, 1.807) is 0 Å². The molecule has 0 saturated heterocycles. The van der Waals surface area contributed by atoms with Crippen molar-refractivity contribution in [1.82, 2.24) is 5.32 Å². The molecule has 0 aromatic rings. The highest BCUT2D eigenvalue weighted by molar-refractivity contribution is 4.81. The number of rotatable bonds is 9. The van der Waals surface area contributed by atoms with Crippen molar-refractivity contribution in [3.63, 3.8) is 0 Å². The molecule has 0 aromatic heterocycles. The maximum atomic E-state index is 3.64. The Bertz CT molecular complexity index is 151. The van der Waals surface area contributed by atoms with Crippen LogP contribution in [-0.2, 0) is 0 Å². The molecule has 90 valence electrons. The van der Waals surface area contributed by atoms with Gasteiger partial charge in [-0.2, -0.15) is 0 Å². The van der Waals surface area contributed by atoms with Crippen LogP contribution in [0.15, 0.2) is 0 Å². The molecule has 1 fully saturated rings. The van der Waals surface area contributed by atoms with E-state index >= 15 is 0 Å². The molecule has 1 saturated carbocycles. The number of hydrogen-bond donors (Lipinski definition) is 1. The van der Waals surface area contributed by atoms with E-state index in [1.165, 1.54) is 51.5 Å². The fourth-order valence-electron chi connectivity index (χ4n) is 2.29. The fraction of sp³-hybridized carbons (Fsp3) is 1.00. The standard InChI is InChI=1S/C14H29N/c1-4-6-7-13(5-2)10-12(3)11-15-14-8-9-14/h12-15H,4-11H2,1-3H3. The van der Waals surface area contributed by atoms with Crippen LogP contribution in [0.1, 0.15) is 65.7 Å². The minimum Gasteiger partial charge on any atom is -0.314 e. The Kier molecular flexibility index (Phi) is 6.31. The van der Waals surface area contributed by atoms with Crippen LogP contribution in [0.5, 0.6) is 0 Å². The van der Waals surface area contributed by atoms with Gasteiger partial charge in [0.2, 0.25) is 0 Å². The molecule has 0 radical (unpaired) electrons. The van der Waals surface area contributed by atoms with E-state index in [0.29, 0.717) is 0 Å². The van der Waals surface area contributed by atoms with Gasteiger partial charge in [-0.3, -0.25) is 0 Å². The maximum Gasteiger partial charge on any atom is 0.00683 e. The van der Waals surface area contributed by atoms with Crippen LogP contribution in [-0.4, -0.2) is 12.6 Å². The Morgan fingerprint density at radius 1 is 1.27 bits per heavy atom. The fourth-order valence-corrected chi connectivity index (χ4v) is 2.29. The van der Waals surface area contributed by atoms with Gasteiger partial charge in [-0.15, -0.1) is 0 Å². The van der Waals surface area contributed by atoms with Crippen molar-refractivity contribution in [3.05, 3.63) is 0 Å². The molecule has 1 heteroatoms. The van der Waals surface area contributed by atoms with Crippen molar-refractivity contribution in [2.24, 2.45) is 11.8 Å². The van der Waals surface area contributed by atoms with E-state index in [9.17, 15) is 0 Å². The molecule has 1 aliphatic rings. The molecule has 15 heavy (non-hydrogen) atoms. The normalized spacial score (nSPS) is 20.2. The van der Waals surface area contributed by atoms with Gasteiger partial charge in [0.15, 0.2) is 0 Å². The predicted octanol–water partition coefficient (Wildman–Crippen LogP) is 3.98. The smallest absolute Gasteiger partial charge is 0.00683 e. The molecule has 1 N–H and O–H groups in total. The second-order valence-electron chi connectivity index (χ2n) is 5.44. The minimum absolute atomic E-state index is 0.868. The van der Waals surface area contributed by atoms with Crippen molar-refractivity contribution >= 4 is 0 Å². The highest BCUT2D eigenvalue weighted by atomic mass is 14.9. The summed E-state index contributed by atoms with van der Waals surface area (Å²) in [7, 11) is 0. The zero-order valence-electron chi connectivity index (χ0n) is 10.9. The molecule has 2 unspecified atom stereocenters. The van der Waals surface area contributed by atoms with Crippen molar-refractivity contribution in [2.75, 3.05) is 6.54 Å². The average Bonchev–Trinajstić information content (AvgIpc) is 3.05. The van der Waals surface area contributed by atoms with Crippen molar-refractivity contribution in [2.45, 2.75) is 71.8 Å². The third-order valence-electron chi connectivity index (χ3n) is 3.61. The molecule has 0 spiro atoms. The summed E-state index contributed by atoms with van der Waals surface area (Å²) in [4.78, 5) is 0. The first-order chi connectivity index (χ1) is 7.26. The second-order valence-corrected chi connectivity index (χ2v) is 5.44. The van der Waals surface area contributed by atoms with Crippen molar-refractivity contribution < 1.29 is 0 Å². The lowest BCUT2D eigenvalue weighted by molar-refractivity contribution is 0.341. The predicted molar refractivity (Wildman–Crippen MR) is 68.1 cm³/mol. The van der Waals surface area contributed by atoms with Gasteiger partial charge in [0, 0.05) is 6.04 Å². The third-order valence-corrected chi connectivity index (χ3v) is 3.61. The zero-order chi connectivity index (χ0) is 11.1. The first-order valence-corrected chi connectivity index (χ1v) is 6.99. The van der Waals surface area contributed by atoms with Gasteiger partial charge in [0.25, 0.3) is 0 Å². The summed E-state index contributed by atoms with van der Waals surface area (Å²) >= 11 is 0. The lowest BCUT2D eigenvalue weighted by Gasteiger charge is -2.19. The first kappa shape index (κ1) is 13.0. The zero-order valence-corrected chi connectivity index (χ0v) is 10.9. The minimum atomic E-state index is 0.868. The first-order valence-electron chi connectivity index (χ1n) is 6.99. The van der Waals surface area contributed by atoms with Crippen LogP contribution >= 0.6 is 0 Å². The Morgan fingerprint density at radius 2 is 2.00 bits per heavy atom. The van der Waals surface area contributed by atoms with E-state index in [1.807, 2.05) is 0 Å². The van der Waals surface area contributed by atoms with Gasteiger partial charge in [-0.1, -0.05) is 46.5 Å². The molecule has 1 rings (SSSR count). The van der Waals surface area contributed by atoms with E-state index in [4.69, 9.17) is 0 Å². The van der Waals surface area contributed by atoms with Crippen molar-refractivity contribution in [3.8, 4) is 0 Å². The third kappa shape index (κ3) is 6.19. The summed E-state index contributed by atoms with van der Waals surface area (Å²) in [6.07, 6.45) is 9.84. The maximum absolute atomic E-state index is 3.64. The summed E-state index contributed by atoms with van der Waals surface area (Å²) in [5.41, 5.74) is 0. The van der Waals surface area contributed by atoms with E-state index < -0.39 is 0 Å². The molecular formula is C14H29N. The largest absolute Gasteiger partial charge is 0.314 e.